The minimum atomic E-state index is -5.07. The van der Waals surface area contributed by atoms with Crippen molar-refractivity contribution in [3.8, 4) is 17.2 Å². The van der Waals surface area contributed by atoms with E-state index in [1.165, 1.54) is 6.07 Å². The second-order valence-corrected chi connectivity index (χ2v) is 11.1. The zero-order valence-corrected chi connectivity index (χ0v) is 13.8. The monoisotopic (exact) mass is 315 g/mol. The van der Waals surface area contributed by atoms with Crippen LogP contribution in [0.1, 0.15) is 16.7 Å². The predicted octanol–water partition coefficient (Wildman–Crippen LogP) is 2.28. The third kappa shape index (κ3) is 5.33. The minimum absolute atomic E-state index is 0.0738. The van der Waals surface area contributed by atoms with Crippen LogP contribution in [0.2, 0.25) is 19.6 Å². The predicted molar refractivity (Wildman–Crippen MR) is 80.0 cm³/mol. The van der Waals surface area contributed by atoms with Crippen molar-refractivity contribution in [3.05, 3.63) is 28.8 Å². The molecule has 0 spiro atoms. The molecule has 0 aliphatic rings. The maximum Gasteiger partial charge on any atom is 0.488 e. The highest BCUT2D eigenvalue weighted by Gasteiger charge is 2.15. The molecule has 0 amide bonds. The van der Waals surface area contributed by atoms with Gasteiger partial charge in [0.25, 0.3) is 0 Å². The Labute approximate surface area is 120 Å². The van der Waals surface area contributed by atoms with Crippen LogP contribution in [0.25, 0.3) is 0 Å². The first kappa shape index (κ1) is 16.7. The van der Waals surface area contributed by atoms with E-state index < -0.39 is 18.6 Å². The molecule has 1 rings (SSSR count). The van der Waals surface area contributed by atoms with Crippen molar-refractivity contribution in [3.63, 3.8) is 0 Å². The number of benzene rings is 1. The largest absolute Gasteiger partial charge is 0.488 e. The van der Waals surface area contributed by atoms with Crippen molar-refractivity contribution in [1.29, 1.82) is 0 Å². The molecule has 1 aromatic rings. The fraction of sp³-hybridized carbons (Fsp3) is 0.385. The molecule has 4 nitrogen and oxygen atoms in total. The van der Waals surface area contributed by atoms with Crippen molar-refractivity contribution >= 4 is 18.6 Å². The van der Waals surface area contributed by atoms with E-state index in [1.807, 2.05) is 0 Å². The average Bonchev–Trinajstić information content (AvgIpc) is 2.27. The molecule has 0 aliphatic heterocycles. The van der Waals surface area contributed by atoms with Gasteiger partial charge >= 0.3 is 10.5 Å². The van der Waals surface area contributed by atoms with Crippen LogP contribution < -0.4 is 9.92 Å². The third-order valence-corrected chi connectivity index (χ3v) is 3.71. The summed E-state index contributed by atoms with van der Waals surface area (Å²) < 4.78 is 38.3. The van der Waals surface area contributed by atoms with E-state index in [-0.39, 0.29) is 12.3 Å². The first-order valence-corrected chi connectivity index (χ1v) is 10.8. The lowest BCUT2D eigenvalue weighted by Crippen LogP contribution is -2.16. The van der Waals surface area contributed by atoms with E-state index in [0.29, 0.717) is 16.7 Å². The molecule has 2 N–H and O–H groups in total. The van der Waals surface area contributed by atoms with Crippen molar-refractivity contribution in [1.82, 2.24) is 0 Å². The molecule has 0 atom stereocenters. The minimum Gasteiger partial charge on any atom is -0.358 e. The second kappa shape index (κ2) is 5.95. The summed E-state index contributed by atoms with van der Waals surface area (Å²) in [5.74, 6) is 2.90. The van der Waals surface area contributed by atoms with E-state index in [4.69, 9.17) is 5.73 Å². The summed E-state index contributed by atoms with van der Waals surface area (Å²) in [7, 11) is -6.64. The van der Waals surface area contributed by atoms with Crippen LogP contribution >= 0.6 is 0 Å². The van der Waals surface area contributed by atoms with Gasteiger partial charge < -0.3 is 9.92 Å². The standard InChI is InChI=1S/C13H18FNO3SSi/c1-10-12(9-15)7-11(5-6-20(2,3)4)8-13(10)18-19(14,16)17/h7-8H,9,15H2,1-4H3. The zero-order chi connectivity index (χ0) is 15.6. The second-order valence-electron chi connectivity index (χ2n) is 5.44. The van der Waals surface area contributed by atoms with E-state index >= 15 is 0 Å². The Bertz CT molecular complexity index is 669. The van der Waals surface area contributed by atoms with Gasteiger partial charge in [-0.2, -0.15) is 8.42 Å². The highest BCUT2D eigenvalue weighted by Crippen LogP contribution is 2.25. The summed E-state index contributed by atoms with van der Waals surface area (Å²) >= 11 is 0. The molecular weight excluding hydrogens is 297 g/mol. The van der Waals surface area contributed by atoms with Gasteiger partial charge in [0, 0.05) is 12.1 Å². The van der Waals surface area contributed by atoms with Crippen LogP contribution in [-0.2, 0) is 17.0 Å². The Morgan fingerprint density at radius 1 is 1.35 bits per heavy atom. The molecule has 0 saturated heterocycles. The molecule has 0 radical (unpaired) electrons. The molecule has 1 aromatic carbocycles. The molecular formula is C13H18FNO3SSi. The Kier molecular flexibility index (Phi) is 4.97. The lowest BCUT2D eigenvalue weighted by molar-refractivity contribution is 0.438. The third-order valence-electron chi connectivity index (χ3n) is 2.46. The highest BCUT2D eigenvalue weighted by molar-refractivity contribution is 7.81. The molecule has 0 aliphatic carbocycles. The molecule has 0 unspecified atom stereocenters. The number of rotatable bonds is 3. The summed E-state index contributed by atoms with van der Waals surface area (Å²) in [5.41, 5.74) is 10.5. The van der Waals surface area contributed by atoms with Crippen LogP contribution in [0.15, 0.2) is 12.1 Å². The van der Waals surface area contributed by atoms with Crippen LogP contribution in [0.4, 0.5) is 3.89 Å². The van der Waals surface area contributed by atoms with Gasteiger partial charge in [-0.25, -0.2) is 0 Å². The van der Waals surface area contributed by atoms with Crippen molar-refractivity contribution in [2.45, 2.75) is 33.1 Å². The van der Waals surface area contributed by atoms with Crippen LogP contribution in [0.3, 0.4) is 0 Å². The van der Waals surface area contributed by atoms with Gasteiger partial charge in [0.1, 0.15) is 13.8 Å². The fourth-order valence-electron chi connectivity index (χ4n) is 1.48. The smallest absolute Gasteiger partial charge is 0.358 e. The molecule has 0 bridgehead atoms. The topological polar surface area (TPSA) is 69.4 Å². The molecule has 0 saturated carbocycles. The Morgan fingerprint density at radius 3 is 2.40 bits per heavy atom. The number of halogens is 1. The van der Waals surface area contributed by atoms with Crippen LogP contribution in [0, 0.1) is 18.4 Å². The first-order valence-electron chi connectivity index (χ1n) is 6.02. The first-order chi connectivity index (χ1) is 9.02. The van der Waals surface area contributed by atoms with E-state index in [9.17, 15) is 12.3 Å². The number of hydrogen-bond donors (Lipinski definition) is 1. The average molecular weight is 315 g/mol. The molecule has 20 heavy (non-hydrogen) atoms. The Hall–Kier alpha value is -1.36. The highest BCUT2D eigenvalue weighted by atomic mass is 32.3. The van der Waals surface area contributed by atoms with Gasteiger partial charge in [-0.15, -0.1) is 5.54 Å². The van der Waals surface area contributed by atoms with Gasteiger partial charge in [-0.1, -0.05) is 29.4 Å². The summed E-state index contributed by atoms with van der Waals surface area (Å²) in [5, 5.41) is 0. The van der Waals surface area contributed by atoms with E-state index in [1.54, 1.807) is 13.0 Å². The zero-order valence-electron chi connectivity index (χ0n) is 12.0. The van der Waals surface area contributed by atoms with Crippen molar-refractivity contribution < 1.29 is 16.5 Å². The fourth-order valence-corrected chi connectivity index (χ4v) is 2.39. The van der Waals surface area contributed by atoms with Gasteiger partial charge in [0.15, 0.2) is 0 Å². The molecule has 0 aromatic heterocycles. The molecule has 0 fully saturated rings. The summed E-state index contributed by atoms with van der Waals surface area (Å²) in [6.45, 7) is 8.07. The van der Waals surface area contributed by atoms with Crippen LogP contribution in [-0.4, -0.2) is 16.5 Å². The Balaban J connectivity index is 3.34. The lowest BCUT2D eigenvalue weighted by Gasteiger charge is -2.10. The van der Waals surface area contributed by atoms with Gasteiger partial charge in [0.2, 0.25) is 0 Å². The summed E-state index contributed by atoms with van der Waals surface area (Å²) in [6.07, 6.45) is 0. The van der Waals surface area contributed by atoms with Gasteiger partial charge in [-0.3, -0.25) is 0 Å². The van der Waals surface area contributed by atoms with Gasteiger partial charge in [-0.05, 0) is 30.2 Å². The molecule has 110 valence electrons. The molecule has 0 heterocycles. The number of nitrogens with two attached hydrogens (primary N) is 1. The number of hydrogen-bond acceptors (Lipinski definition) is 4. The molecule has 7 heteroatoms. The SMILES string of the molecule is Cc1c(CN)cc(C#C[Si](C)(C)C)cc1OS(=O)(=O)F. The van der Waals surface area contributed by atoms with E-state index in [2.05, 4.69) is 35.3 Å². The summed E-state index contributed by atoms with van der Waals surface area (Å²) in [4.78, 5) is 0. The van der Waals surface area contributed by atoms with Crippen molar-refractivity contribution in [2.75, 3.05) is 0 Å². The normalized spacial score (nSPS) is 11.7. The lowest BCUT2D eigenvalue weighted by atomic mass is 10.0. The summed E-state index contributed by atoms with van der Waals surface area (Å²) in [6, 6.07) is 3.18. The Morgan fingerprint density at radius 2 is 1.95 bits per heavy atom. The van der Waals surface area contributed by atoms with E-state index in [0.717, 1.165) is 0 Å². The van der Waals surface area contributed by atoms with Crippen LogP contribution in [0.5, 0.6) is 5.75 Å². The maximum absolute atomic E-state index is 12.7. The maximum atomic E-state index is 12.7. The van der Waals surface area contributed by atoms with Crippen molar-refractivity contribution in [2.24, 2.45) is 5.73 Å². The quantitative estimate of drug-likeness (QED) is 0.528. The van der Waals surface area contributed by atoms with Gasteiger partial charge in [0.05, 0.1) is 0 Å².